The van der Waals surface area contributed by atoms with E-state index in [1.54, 1.807) is 6.07 Å². The lowest BCUT2D eigenvalue weighted by atomic mass is 9.90. The average Bonchev–Trinajstić information content (AvgIpc) is 2.50. The number of nitrogens with one attached hydrogen (secondary N) is 1. The summed E-state index contributed by atoms with van der Waals surface area (Å²) in [5.74, 6) is 0.269. The minimum Gasteiger partial charge on any atom is -0.508 e. The van der Waals surface area contributed by atoms with Crippen LogP contribution >= 0.6 is 0 Å². The Morgan fingerprint density at radius 1 is 1.20 bits per heavy atom. The van der Waals surface area contributed by atoms with Crippen molar-refractivity contribution in [2.24, 2.45) is 0 Å². The minimum absolute atomic E-state index is 0.269. The highest BCUT2D eigenvalue weighted by atomic mass is 16.6. The minimum atomic E-state index is -0.499. The summed E-state index contributed by atoms with van der Waals surface area (Å²) in [6.07, 6.45) is 3.38. The number of phenolic OH excluding ortho intramolecular Hbond substituents is 1. The first-order valence-electron chi connectivity index (χ1n) is 9.15. The van der Waals surface area contributed by atoms with Crippen molar-refractivity contribution in [2.75, 3.05) is 6.54 Å². The molecule has 0 fully saturated rings. The Bertz CT molecular complexity index is 612. The molecule has 2 N–H and O–H groups in total. The number of rotatable bonds is 7. The highest BCUT2D eigenvalue weighted by Crippen LogP contribution is 2.31. The van der Waals surface area contributed by atoms with Crippen molar-refractivity contribution >= 4 is 11.7 Å². The second-order valence-corrected chi connectivity index (χ2v) is 7.36. The van der Waals surface area contributed by atoms with Crippen molar-refractivity contribution in [1.29, 1.82) is 0 Å². The van der Waals surface area contributed by atoms with Crippen molar-refractivity contribution in [1.82, 2.24) is 5.32 Å². The second-order valence-electron chi connectivity index (χ2n) is 7.36. The van der Waals surface area contributed by atoms with Gasteiger partial charge in [-0.1, -0.05) is 31.9 Å². The number of allylic oxidation sites excluding steroid dienone is 1. The quantitative estimate of drug-likeness (QED) is 0.677. The van der Waals surface area contributed by atoms with E-state index in [2.05, 4.69) is 26.1 Å². The molecule has 0 aliphatic heterocycles. The first-order valence-corrected chi connectivity index (χ1v) is 9.15. The standard InChI is InChI=1S/C21H33NO3/c1-7-9-16(8-2)18(19-14-17(23)11-10-15(19)3)12-13-22-20(24)25-21(4,5)6/h10-11,14,23H,7-9,12-13H2,1-6H3,(H,22,24)/b18-16-. The Morgan fingerprint density at radius 3 is 2.44 bits per heavy atom. The highest BCUT2D eigenvalue weighted by Gasteiger charge is 2.16. The van der Waals surface area contributed by atoms with E-state index in [1.165, 1.54) is 11.1 Å². The molecule has 0 heterocycles. The fourth-order valence-corrected chi connectivity index (χ4v) is 2.88. The monoisotopic (exact) mass is 347 g/mol. The van der Waals surface area contributed by atoms with Crippen molar-refractivity contribution in [3.8, 4) is 5.75 Å². The molecule has 1 aromatic rings. The molecule has 1 amide bonds. The van der Waals surface area contributed by atoms with Crippen LogP contribution in [0.15, 0.2) is 23.8 Å². The summed E-state index contributed by atoms with van der Waals surface area (Å²) in [6.45, 7) is 12.4. The Kier molecular flexibility index (Phi) is 8.01. The third-order valence-electron chi connectivity index (χ3n) is 3.99. The van der Waals surface area contributed by atoms with Crippen molar-refractivity contribution in [2.45, 2.75) is 72.8 Å². The van der Waals surface area contributed by atoms with Crippen molar-refractivity contribution < 1.29 is 14.6 Å². The molecule has 0 aliphatic carbocycles. The maximum atomic E-state index is 11.9. The van der Waals surface area contributed by atoms with E-state index in [9.17, 15) is 9.90 Å². The van der Waals surface area contributed by atoms with Gasteiger partial charge in [0, 0.05) is 6.54 Å². The number of alkyl carbamates (subject to hydrolysis) is 1. The van der Waals surface area contributed by atoms with Crippen molar-refractivity contribution in [3.63, 3.8) is 0 Å². The van der Waals surface area contributed by atoms with Gasteiger partial charge in [-0.15, -0.1) is 0 Å². The average molecular weight is 347 g/mol. The zero-order valence-corrected chi connectivity index (χ0v) is 16.5. The van der Waals surface area contributed by atoms with E-state index < -0.39 is 11.7 Å². The van der Waals surface area contributed by atoms with E-state index in [0.717, 1.165) is 30.4 Å². The zero-order chi connectivity index (χ0) is 19.0. The molecule has 0 saturated carbocycles. The van der Waals surface area contributed by atoms with Crippen LogP contribution in [0, 0.1) is 6.92 Å². The van der Waals surface area contributed by atoms with Crippen LogP contribution in [0.3, 0.4) is 0 Å². The molecule has 140 valence electrons. The second kappa shape index (κ2) is 9.50. The summed E-state index contributed by atoms with van der Waals surface area (Å²) in [7, 11) is 0. The number of benzene rings is 1. The predicted molar refractivity (Wildman–Crippen MR) is 104 cm³/mol. The number of hydrogen-bond acceptors (Lipinski definition) is 3. The smallest absolute Gasteiger partial charge is 0.407 e. The molecule has 4 heteroatoms. The summed E-state index contributed by atoms with van der Waals surface area (Å²) in [5, 5.41) is 12.7. The van der Waals surface area contributed by atoms with Crippen LogP contribution in [0.1, 0.15) is 71.4 Å². The first-order chi connectivity index (χ1) is 11.7. The normalized spacial score (nSPS) is 12.6. The summed E-state index contributed by atoms with van der Waals surface area (Å²) < 4.78 is 5.30. The number of phenols is 1. The Hall–Kier alpha value is -1.97. The summed E-state index contributed by atoms with van der Waals surface area (Å²) >= 11 is 0. The van der Waals surface area contributed by atoms with E-state index >= 15 is 0 Å². The van der Waals surface area contributed by atoms with Gasteiger partial charge in [-0.3, -0.25) is 0 Å². The maximum absolute atomic E-state index is 11.9. The number of hydrogen-bond donors (Lipinski definition) is 2. The molecular formula is C21H33NO3. The number of ether oxygens (including phenoxy) is 1. The topological polar surface area (TPSA) is 58.6 Å². The zero-order valence-electron chi connectivity index (χ0n) is 16.5. The van der Waals surface area contributed by atoms with Gasteiger partial charge in [0.25, 0.3) is 0 Å². The molecule has 0 spiro atoms. The molecule has 1 rings (SSSR count). The maximum Gasteiger partial charge on any atom is 0.407 e. The van der Waals surface area contributed by atoms with Crippen LogP contribution in [0.5, 0.6) is 5.75 Å². The number of aryl methyl sites for hydroxylation is 1. The van der Waals surface area contributed by atoms with Crippen LogP contribution in [-0.2, 0) is 4.74 Å². The van der Waals surface area contributed by atoms with Gasteiger partial charge in [0.2, 0.25) is 0 Å². The van der Waals surface area contributed by atoms with E-state index in [1.807, 2.05) is 32.9 Å². The predicted octanol–water partition coefficient (Wildman–Crippen LogP) is 5.58. The first kappa shape index (κ1) is 21.1. The molecular weight excluding hydrogens is 314 g/mol. The third kappa shape index (κ3) is 7.20. The van der Waals surface area contributed by atoms with Gasteiger partial charge >= 0.3 is 6.09 Å². The molecule has 25 heavy (non-hydrogen) atoms. The van der Waals surface area contributed by atoms with Gasteiger partial charge in [0.15, 0.2) is 0 Å². The lowest BCUT2D eigenvalue weighted by molar-refractivity contribution is 0.0529. The van der Waals surface area contributed by atoms with Gasteiger partial charge in [-0.05, 0) is 75.8 Å². The van der Waals surface area contributed by atoms with Gasteiger partial charge in [0.1, 0.15) is 11.4 Å². The summed E-state index contributed by atoms with van der Waals surface area (Å²) in [4.78, 5) is 11.9. The number of aromatic hydroxyl groups is 1. The SMILES string of the molecule is CCC/C(CC)=C(/CCNC(=O)OC(C)(C)C)c1cc(O)ccc1C. The van der Waals surface area contributed by atoms with E-state index in [4.69, 9.17) is 4.74 Å². The van der Waals surface area contributed by atoms with Crippen LogP contribution in [0.4, 0.5) is 4.79 Å². The lowest BCUT2D eigenvalue weighted by Crippen LogP contribution is -2.33. The van der Waals surface area contributed by atoms with Crippen LogP contribution < -0.4 is 5.32 Å². The highest BCUT2D eigenvalue weighted by molar-refractivity contribution is 5.73. The molecule has 1 aromatic carbocycles. The Labute approximate surface area is 152 Å². The molecule has 0 aliphatic rings. The molecule has 0 aromatic heterocycles. The van der Waals surface area contributed by atoms with Crippen molar-refractivity contribution in [3.05, 3.63) is 34.9 Å². The Morgan fingerprint density at radius 2 is 1.88 bits per heavy atom. The molecule has 4 nitrogen and oxygen atoms in total. The van der Waals surface area contributed by atoms with Crippen LogP contribution in [-0.4, -0.2) is 23.3 Å². The number of carbonyl (C=O) groups excluding carboxylic acids is 1. The molecule has 0 unspecified atom stereocenters. The fraction of sp³-hybridized carbons (Fsp3) is 0.571. The number of amides is 1. The fourth-order valence-electron chi connectivity index (χ4n) is 2.88. The number of carbonyl (C=O) groups is 1. The van der Waals surface area contributed by atoms with Gasteiger partial charge in [-0.2, -0.15) is 0 Å². The van der Waals surface area contributed by atoms with Crippen LogP contribution in [0.25, 0.3) is 5.57 Å². The summed E-state index contributed by atoms with van der Waals surface area (Å²) in [6, 6.07) is 5.47. The largest absolute Gasteiger partial charge is 0.508 e. The van der Waals surface area contributed by atoms with E-state index in [-0.39, 0.29) is 5.75 Å². The lowest BCUT2D eigenvalue weighted by Gasteiger charge is -2.21. The summed E-state index contributed by atoms with van der Waals surface area (Å²) in [5.41, 5.74) is 4.29. The molecule has 0 radical (unpaired) electrons. The molecule has 0 bridgehead atoms. The van der Waals surface area contributed by atoms with Gasteiger partial charge in [-0.25, -0.2) is 4.79 Å². The van der Waals surface area contributed by atoms with Crippen LogP contribution in [0.2, 0.25) is 0 Å². The third-order valence-corrected chi connectivity index (χ3v) is 3.99. The van der Waals surface area contributed by atoms with E-state index in [0.29, 0.717) is 13.0 Å². The molecule has 0 saturated heterocycles. The van der Waals surface area contributed by atoms with Gasteiger partial charge < -0.3 is 15.2 Å². The van der Waals surface area contributed by atoms with Gasteiger partial charge in [0.05, 0.1) is 0 Å². The Balaban J connectivity index is 2.98. The molecule has 0 atom stereocenters.